The summed E-state index contributed by atoms with van der Waals surface area (Å²) in [5.74, 6) is -1.67. The molecule has 0 amide bonds. The molecule has 10 heteroatoms. The quantitative estimate of drug-likeness (QED) is 0.377. The van der Waals surface area contributed by atoms with Gasteiger partial charge in [0.15, 0.2) is 0 Å². The normalized spacial score (nSPS) is 17.8. The molecule has 0 saturated heterocycles. The third-order valence-electron chi connectivity index (χ3n) is 1.57. The van der Waals surface area contributed by atoms with Gasteiger partial charge in [0.25, 0.3) is 0 Å². The molecule has 0 aromatic rings. The van der Waals surface area contributed by atoms with E-state index in [2.05, 4.69) is 4.52 Å². The average Bonchev–Trinajstić information content (AvgIpc) is 2.10. The topological polar surface area (TPSA) is 173 Å². The van der Waals surface area contributed by atoms with Crippen LogP contribution in [0.3, 0.4) is 0 Å². The van der Waals surface area contributed by atoms with Crippen molar-refractivity contribution < 1.29 is 44.1 Å². The van der Waals surface area contributed by atoms with Gasteiger partial charge in [0.05, 0.1) is 20.5 Å². The van der Waals surface area contributed by atoms with Crippen molar-refractivity contribution in [1.82, 2.24) is 0 Å². The molecule has 0 aromatic carbocycles. The summed E-state index contributed by atoms with van der Waals surface area (Å²) >= 11 is 0. The average molecular weight is 257 g/mol. The second-order valence-corrected chi connectivity index (χ2v) is 4.10. The van der Waals surface area contributed by atoms with Crippen LogP contribution in [0.4, 0.5) is 0 Å². The van der Waals surface area contributed by atoms with E-state index in [1.54, 1.807) is 0 Å². The van der Waals surface area contributed by atoms with Crippen LogP contribution in [0.5, 0.6) is 0 Å². The number of aliphatic carboxylic acids is 1. The standard InChI is InChI=1S/C6H13O9P/c7-3(1-5(9)10)6(11)4(8)2-15-16(12,13)14/h3-4,6-8,11H,1-2H2,(H,9,10)(H2,12,13,14)/p-3. The largest absolute Gasteiger partial charge is 0.790 e. The van der Waals surface area contributed by atoms with Crippen molar-refractivity contribution >= 4 is 13.8 Å². The number of aliphatic hydroxyl groups is 3. The van der Waals surface area contributed by atoms with E-state index in [1.165, 1.54) is 0 Å². The maximum absolute atomic E-state index is 10.0. The van der Waals surface area contributed by atoms with Crippen molar-refractivity contribution in [1.29, 1.82) is 0 Å². The summed E-state index contributed by atoms with van der Waals surface area (Å²) < 4.78 is 13.6. The number of carboxylic acid groups (broad SMARTS) is 1. The van der Waals surface area contributed by atoms with E-state index in [9.17, 15) is 24.3 Å². The van der Waals surface area contributed by atoms with E-state index in [0.29, 0.717) is 0 Å². The van der Waals surface area contributed by atoms with Gasteiger partial charge in [-0.2, -0.15) is 0 Å². The Bertz CT molecular complexity index is 273. The lowest BCUT2D eigenvalue weighted by molar-refractivity contribution is -0.343. The van der Waals surface area contributed by atoms with E-state index in [1.807, 2.05) is 0 Å². The Morgan fingerprint density at radius 1 is 1.25 bits per heavy atom. The van der Waals surface area contributed by atoms with Crippen LogP contribution in [-0.2, 0) is 13.9 Å². The minimum Gasteiger partial charge on any atom is -0.790 e. The van der Waals surface area contributed by atoms with Crippen LogP contribution >= 0.6 is 7.82 Å². The third kappa shape index (κ3) is 6.85. The summed E-state index contributed by atoms with van der Waals surface area (Å²) in [6, 6.07) is 0. The molecule has 0 radical (unpaired) electrons. The summed E-state index contributed by atoms with van der Waals surface area (Å²) in [4.78, 5) is 30.0. The van der Waals surface area contributed by atoms with Gasteiger partial charge in [0, 0.05) is 12.4 Å². The molecular formula is C6H10O9P-3. The molecule has 3 unspecified atom stereocenters. The number of hydrogen-bond donors (Lipinski definition) is 3. The minimum absolute atomic E-state index is 0.954. The van der Waals surface area contributed by atoms with Gasteiger partial charge < -0.3 is 44.1 Å². The maximum atomic E-state index is 10.0. The van der Waals surface area contributed by atoms with Crippen LogP contribution in [-0.4, -0.2) is 46.2 Å². The fourth-order valence-corrected chi connectivity index (χ4v) is 1.15. The predicted molar refractivity (Wildman–Crippen MR) is 41.2 cm³/mol. The Morgan fingerprint density at radius 3 is 2.12 bits per heavy atom. The van der Waals surface area contributed by atoms with Crippen molar-refractivity contribution in [2.24, 2.45) is 0 Å². The third-order valence-corrected chi connectivity index (χ3v) is 2.03. The Kier molecular flexibility index (Phi) is 6.05. The van der Waals surface area contributed by atoms with Gasteiger partial charge in [0.2, 0.25) is 0 Å². The van der Waals surface area contributed by atoms with Crippen molar-refractivity contribution in [3.63, 3.8) is 0 Å². The molecule has 3 N–H and O–H groups in total. The highest BCUT2D eigenvalue weighted by Crippen LogP contribution is 2.24. The molecule has 0 aliphatic carbocycles. The molecule has 0 aliphatic heterocycles. The molecule has 0 fully saturated rings. The molecule has 96 valence electrons. The smallest absolute Gasteiger partial charge is 0.108 e. The van der Waals surface area contributed by atoms with Crippen LogP contribution in [0, 0.1) is 0 Å². The second kappa shape index (κ2) is 6.26. The lowest BCUT2D eigenvalue weighted by Gasteiger charge is -2.31. The highest BCUT2D eigenvalue weighted by Gasteiger charge is 2.25. The summed E-state index contributed by atoms with van der Waals surface area (Å²) in [6.07, 6.45) is -6.69. The summed E-state index contributed by atoms with van der Waals surface area (Å²) in [5, 5.41) is 37.1. The van der Waals surface area contributed by atoms with Gasteiger partial charge >= 0.3 is 0 Å². The predicted octanol–water partition coefficient (Wildman–Crippen LogP) is -4.95. The van der Waals surface area contributed by atoms with Gasteiger partial charge in [-0.25, -0.2) is 0 Å². The van der Waals surface area contributed by atoms with Crippen LogP contribution in [0.25, 0.3) is 0 Å². The van der Waals surface area contributed by atoms with E-state index in [4.69, 9.17) is 15.3 Å². The first-order valence-corrected chi connectivity index (χ1v) is 5.50. The zero-order valence-electron chi connectivity index (χ0n) is 7.88. The van der Waals surface area contributed by atoms with E-state index in [0.717, 1.165) is 0 Å². The van der Waals surface area contributed by atoms with E-state index < -0.39 is 45.1 Å². The number of rotatable bonds is 7. The molecule has 0 aromatic heterocycles. The SMILES string of the molecule is O=C([O-])CC(O)C(O)C(O)COP(=O)([O-])[O-]. The van der Waals surface area contributed by atoms with Crippen molar-refractivity contribution in [3.05, 3.63) is 0 Å². The number of phosphoric acid groups is 1. The highest BCUT2D eigenvalue weighted by molar-refractivity contribution is 7.43. The number of carbonyl (C=O) groups excluding carboxylic acids is 1. The molecular weight excluding hydrogens is 247 g/mol. The summed E-state index contributed by atoms with van der Waals surface area (Å²) in [7, 11) is -5.30. The molecule has 9 nitrogen and oxygen atoms in total. The van der Waals surface area contributed by atoms with Gasteiger partial charge in [0.1, 0.15) is 12.2 Å². The molecule has 0 aliphatic rings. The number of carbonyl (C=O) groups is 1. The van der Waals surface area contributed by atoms with E-state index >= 15 is 0 Å². The van der Waals surface area contributed by atoms with E-state index in [-0.39, 0.29) is 0 Å². The maximum Gasteiger partial charge on any atom is 0.108 e. The second-order valence-electron chi connectivity index (χ2n) is 2.94. The number of phosphoric ester groups is 1. The first-order valence-electron chi connectivity index (χ1n) is 4.04. The Morgan fingerprint density at radius 2 is 1.75 bits per heavy atom. The van der Waals surface area contributed by atoms with Gasteiger partial charge in [-0.1, -0.05) is 0 Å². The highest BCUT2D eigenvalue weighted by atomic mass is 31.2. The van der Waals surface area contributed by atoms with Crippen molar-refractivity contribution in [2.75, 3.05) is 6.61 Å². The van der Waals surface area contributed by atoms with Crippen molar-refractivity contribution in [3.8, 4) is 0 Å². The van der Waals surface area contributed by atoms with Crippen LogP contribution < -0.4 is 14.9 Å². The zero-order valence-corrected chi connectivity index (χ0v) is 8.78. The first kappa shape index (κ1) is 15.5. The minimum atomic E-state index is -5.30. The molecule has 0 spiro atoms. The molecule has 0 heterocycles. The summed E-state index contributed by atoms with van der Waals surface area (Å²) in [5.41, 5.74) is 0. The zero-order chi connectivity index (χ0) is 12.9. The van der Waals surface area contributed by atoms with Crippen LogP contribution in [0.1, 0.15) is 6.42 Å². The molecule has 0 saturated carbocycles. The molecule has 0 bridgehead atoms. The van der Waals surface area contributed by atoms with Crippen LogP contribution in [0.2, 0.25) is 0 Å². The van der Waals surface area contributed by atoms with Gasteiger partial charge in [-0.15, -0.1) is 0 Å². The molecule has 16 heavy (non-hydrogen) atoms. The first-order chi connectivity index (χ1) is 7.13. The monoisotopic (exact) mass is 257 g/mol. The van der Waals surface area contributed by atoms with Crippen molar-refractivity contribution in [2.45, 2.75) is 24.7 Å². The lowest BCUT2D eigenvalue weighted by atomic mass is 10.1. The summed E-state index contributed by atoms with van der Waals surface area (Å²) in [6.45, 7) is -1.07. The fraction of sp³-hybridized carbons (Fsp3) is 0.833. The number of hydrogen-bond acceptors (Lipinski definition) is 9. The van der Waals surface area contributed by atoms with Gasteiger partial charge in [-0.05, 0) is 0 Å². The molecule has 0 rings (SSSR count). The van der Waals surface area contributed by atoms with Gasteiger partial charge in [-0.3, -0.25) is 0 Å². The fourth-order valence-electron chi connectivity index (χ4n) is 0.814. The van der Waals surface area contributed by atoms with Crippen LogP contribution in [0.15, 0.2) is 0 Å². The lowest BCUT2D eigenvalue weighted by Crippen LogP contribution is -2.43. The Hall–Kier alpha value is -0.540. The number of aliphatic hydroxyl groups excluding tert-OH is 3. The Labute approximate surface area is 90.2 Å². The Balaban J connectivity index is 4.12. The number of carboxylic acids is 1. The molecule has 3 atom stereocenters.